The van der Waals surface area contributed by atoms with E-state index in [-0.39, 0.29) is 0 Å². The van der Waals surface area contributed by atoms with E-state index in [0.717, 1.165) is 21.4 Å². The second kappa shape index (κ2) is 3.99. The number of fused-ring (bicyclic) bond motifs is 1. The highest BCUT2D eigenvalue weighted by atomic mass is 79.9. The van der Waals surface area contributed by atoms with Gasteiger partial charge in [-0.3, -0.25) is 0 Å². The van der Waals surface area contributed by atoms with Gasteiger partial charge in [-0.15, -0.1) is 0 Å². The van der Waals surface area contributed by atoms with Crippen molar-refractivity contribution in [1.29, 1.82) is 5.26 Å². The number of nitriles is 1. The van der Waals surface area contributed by atoms with Crippen molar-refractivity contribution in [2.45, 2.75) is 13.2 Å². The Labute approximate surface area is 107 Å². The Morgan fingerprint density at radius 3 is 3.06 bits per heavy atom. The molecular weight excluding hydrogens is 282 g/mol. The molecule has 0 unspecified atom stereocenters. The summed E-state index contributed by atoms with van der Waals surface area (Å²) in [6.45, 7) is 0.989. The molecule has 0 aliphatic carbocycles. The number of hydrogen-bond donors (Lipinski definition) is 0. The van der Waals surface area contributed by atoms with E-state index < -0.39 is 0 Å². The topological polar surface area (TPSA) is 50.8 Å². The third-order valence-corrected chi connectivity index (χ3v) is 3.23. The van der Waals surface area contributed by atoms with Gasteiger partial charge in [0, 0.05) is 10.0 Å². The molecule has 2 heterocycles. The lowest BCUT2D eigenvalue weighted by Crippen LogP contribution is -2.01. The molecule has 2 aromatic rings. The molecule has 0 amide bonds. The van der Waals surface area contributed by atoms with Crippen LogP contribution < -0.4 is 0 Å². The maximum Gasteiger partial charge on any atom is 0.168 e. The summed E-state index contributed by atoms with van der Waals surface area (Å²) in [7, 11) is 0. The van der Waals surface area contributed by atoms with Gasteiger partial charge in [0.15, 0.2) is 5.69 Å². The number of rotatable bonds is 1. The zero-order valence-electron chi connectivity index (χ0n) is 8.85. The molecule has 0 spiro atoms. The van der Waals surface area contributed by atoms with Crippen molar-refractivity contribution in [2.24, 2.45) is 0 Å². The molecule has 0 N–H and O–H groups in total. The Morgan fingerprint density at radius 1 is 1.41 bits per heavy atom. The van der Waals surface area contributed by atoms with Crippen molar-refractivity contribution in [3.63, 3.8) is 0 Å². The zero-order chi connectivity index (χ0) is 11.8. The normalized spacial score (nSPS) is 13.4. The van der Waals surface area contributed by atoms with Gasteiger partial charge in [-0.2, -0.15) is 10.4 Å². The van der Waals surface area contributed by atoms with Gasteiger partial charge in [-0.25, -0.2) is 4.68 Å². The average molecular weight is 290 g/mol. The van der Waals surface area contributed by atoms with Gasteiger partial charge < -0.3 is 4.74 Å². The van der Waals surface area contributed by atoms with Gasteiger partial charge in [0.2, 0.25) is 0 Å². The number of hydrogen-bond acceptors (Lipinski definition) is 3. The average Bonchev–Trinajstić information content (AvgIpc) is 2.89. The van der Waals surface area contributed by atoms with Crippen LogP contribution in [0.1, 0.15) is 17.0 Å². The summed E-state index contributed by atoms with van der Waals surface area (Å²) in [5.74, 6) is 0. The fraction of sp³-hybridized carbons (Fsp3) is 0.167. The zero-order valence-corrected chi connectivity index (χ0v) is 10.4. The van der Waals surface area contributed by atoms with E-state index in [0.29, 0.717) is 18.9 Å². The SMILES string of the molecule is N#Cc1nn(-c2cccc(Br)c2)c2c1COC2. The Kier molecular flexibility index (Phi) is 2.46. The first kappa shape index (κ1) is 10.5. The Hall–Kier alpha value is -1.64. The van der Waals surface area contributed by atoms with Crippen molar-refractivity contribution < 1.29 is 4.74 Å². The van der Waals surface area contributed by atoms with Crippen LogP contribution in [0.2, 0.25) is 0 Å². The van der Waals surface area contributed by atoms with Crippen molar-refractivity contribution >= 4 is 15.9 Å². The van der Waals surface area contributed by atoms with Crippen molar-refractivity contribution in [3.8, 4) is 11.8 Å². The van der Waals surface area contributed by atoms with E-state index >= 15 is 0 Å². The molecule has 0 bridgehead atoms. The third kappa shape index (κ3) is 1.66. The van der Waals surface area contributed by atoms with Crippen LogP contribution in [-0.2, 0) is 18.0 Å². The van der Waals surface area contributed by atoms with Gasteiger partial charge in [0.1, 0.15) is 6.07 Å². The Balaban J connectivity index is 2.19. The largest absolute Gasteiger partial charge is 0.370 e. The molecule has 84 valence electrons. The van der Waals surface area contributed by atoms with E-state index in [1.807, 2.05) is 24.3 Å². The molecule has 17 heavy (non-hydrogen) atoms. The highest BCUT2D eigenvalue weighted by Gasteiger charge is 2.23. The van der Waals surface area contributed by atoms with Gasteiger partial charge in [0.25, 0.3) is 0 Å². The molecule has 0 radical (unpaired) electrons. The quantitative estimate of drug-likeness (QED) is 0.811. The molecule has 5 heteroatoms. The predicted octanol–water partition coefficient (Wildman–Crippen LogP) is 2.54. The van der Waals surface area contributed by atoms with E-state index in [4.69, 9.17) is 10.00 Å². The van der Waals surface area contributed by atoms with E-state index in [1.54, 1.807) is 4.68 Å². The van der Waals surface area contributed by atoms with Crippen LogP contribution in [-0.4, -0.2) is 9.78 Å². The van der Waals surface area contributed by atoms with Crippen molar-refractivity contribution in [2.75, 3.05) is 0 Å². The summed E-state index contributed by atoms with van der Waals surface area (Å²) in [5.41, 5.74) is 3.27. The predicted molar refractivity (Wildman–Crippen MR) is 64.5 cm³/mol. The lowest BCUT2D eigenvalue weighted by Gasteiger charge is -2.05. The van der Waals surface area contributed by atoms with Gasteiger partial charge >= 0.3 is 0 Å². The van der Waals surface area contributed by atoms with Gasteiger partial charge in [0.05, 0.1) is 24.6 Å². The second-order valence-corrected chi connectivity index (χ2v) is 4.69. The maximum atomic E-state index is 9.03. The molecule has 1 aromatic heterocycles. The summed E-state index contributed by atoms with van der Waals surface area (Å²) in [5, 5.41) is 13.3. The lowest BCUT2D eigenvalue weighted by molar-refractivity contribution is 0.130. The molecule has 4 nitrogen and oxygen atoms in total. The molecule has 3 rings (SSSR count). The summed E-state index contributed by atoms with van der Waals surface area (Å²) in [6.07, 6.45) is 0. The number of aromatic nitrogens is 2. The molecular formula is C12H8BrN3O. The van der Waals surface area contributed by atoms with Crippen LogP contribution in [0.3, 0.4) is 0 Å². The molecule has 0 saturated heterocycles. The van der Waals surface area contributed by atoms with E-state index in [9.17, 15) is 0 Å². The van der Waals surface area contributed by atoms with Crippen LogP contribution in [0.15, 0.2) is 28.7 Å². The molecule has 0 fully saturated rings. The van der Waals surface area contributed by atoms with Crippen LogP contribution >= 0.6 is 15.9 Å². The van der Waals surface area contributed by atoms with Crippen LogP contribution in [0.4, 0.5) is 0 Å². The molecule has 0 atom stereocenters. The minimum atomic E-state index is 0.456. The highest BCUT2D eigenvalue weighted by molar-refractivity contribution is 9.10. The minimum absolute atomic E-state index is 0.456. The fourth-order valence-electron chi connectivity index (χ4n) is 1.95. The Morgan fingerprint density at radius 2 is 2.29 bits per heavy atom. The van der Waals surface area contributed by atoms with Crippen LogP contribution in [0.5, 0.6) is 0 Å². The van der Waals surface area contributed by atoms with E-state index in [1.165, 1.54) is 0 Å². The smallest absolute Gasteiger partial charge is 0.168 e. The van der Waals surface area contributed by atoms with Crippen molar-refractivity contribution in [1.82, 2.24) is 9.78 Å². The summed E-state index contributed by atoms with van der Waals surface area (Å²) in [4.78, 5) is 0. The first-order valence-electron chi connectivity index (χ1n) is 5.14. The third-order valence-electron chi connectivity index (χ3n) is 2.73. The van der Waals surface area contributed by atoms with Crippen molar-refractivity contribution in [3.05, 3.63) is 45.7 Å². The minimum Gasteiger partial charge on any atom is -0.370 e. The van der Waals surface area contributed by atoms with Crippen LogP contribution in [0, 0.1) is 11.3 Å². The molecule has 1 aromatic carbocycles. The monoisotopic (exact) mass is 289 g/mol. The summed E-state index contributed by atoms with van der Waals surface area (Å²) in [6, 6.07) is 9.92. The van der Waals surface area contributed by atoms with E-state index in [2.05, 4.69) is 27.1 Å². The summed E-state index contributed by atoms with van der Waals surface area (Å²) < 4.78 is 8.13. The second-order valence-electron chi connectivity index (χ2n) is 3.77. The molecule has 0 saturated carbocycles. The van der Waals surface area contributed by atoms with Crippen LogP contribution in [0.25, 0.3) is 5.69 Å². The first-order valence-corrected chi connectivity index (χ1v) is 5.93. The van der Waals surface area contributed by atoms with Gasteiger partial charge in [-0.05, 0) is 18.2 Å². The number of halogens is 1. The standard InChI is InChI=1S/C12H8BrN3O/c13-8-2-1-3-9(4-8)16-12-7-17-6-10(12)11(5-14)15-16/h1-4H,6-7H2. The summed E-state index contributed by atoms with van der Waals surface area (Å²) >= 11 is 3.43. The Bertz CT molecular complexity index is 627. The first-order chi connectivity index (χ1) is 8.29. The number of benzene rings is 1. The fourth-order valence-corrected chi connectivity index (χ4v) is 2.33. The lowest BCUT2D eigenvalue weighted by atomic mass is 10.2. The van der Waals surface area contributed by atoms with Gasteiger partial charge in [-0.1, -0.05) is 22.0 Å². The molecule has 1 aliphatic rings. The number of ether oxygens (including phenoxy) is 1. The molecule has 1 aliphatic heterocycles. The maximum absolute atomic E-state index is 9.03. The number of nitrogens with zero attached hydrogens (tertiary/aromatic N) is 3. The highest BCUT2D eigenvalue weighted by Crippen LogP contribution is 2.26.